The molecule has 2 N–H and O–H groups in total. The molecule has 0 saturated carbocycles. The van der Waals surface area contributed by atoms with E-state index in [2.05, 4.69) is 15.9 Å². The summed E-state index contributed by atoms with van der Waals surface area (Å²) in [7, 11) is 1.76. The Morgan fingerprint density at radius 3 is 2.35 bits per heavy atom. The Hall–Kier alpha value is -1.07. The molecule has 0 aliphatic carbocycles. The average Bonchev–Trinajstić information content (AvgIpc) is 2.47. The molecule has 1 amide bonds. The zero-order valence-electron chi connectivity index (χ0n) is 12.4. The van der Waals surface area contributed by atoms with Crippen LogP contribution in [0.4, 0.5) is 0 Å². The fourth-order valence-electron chi connectivity index (χ4n) is 1.87. The first-order valence-corrected chi connectivity index (χ1v) is 7.65. The molecule has 0 radical (unpaired) electrons. The molecule has 0 aliphatic rings. The van der Waals surface area contributed by atoms with Gasteiger partial charge in [0.1, 0.15) is 12.4 Å². The lowest BCUT2D eigenvalue weighted by molar-refractivity contribution is -0.136. The molecule has 1 rings (SSSR count). The highest BCUT2D eigenvalue weighted by Gasteiger charge is 2.32. The quantitative estimate of drug-likeness (QED) is 0.828. The number of ether oxygens (including phenoxy) is 1. The van der Waals surface area contributed by atoms with Crippen molar-refractivity contribution in [3.8, 4) is 5.75 Å². The van der Waals surface area contributed by atoms with Crippen LogP contribution in [0.25, 0.3) is 0 Å². The third-order valence-electron chi connectivity index (χ3n) is 3.54. The average molecular weight is 343 g/mol. The maximum absolute atomic E-state index is 12.3. The highest BCUT2D eigenvalue weighted by atomic mass is 79.9. The monoisotopic (exact) mass is 342 g/mol. The molecular weight excluding hydrogens is 320 g/mol. The van der Waals surface area contributed by atoms with Crippen molar-refractivity contribution in [3.63, 3.8) is 0 Å². The van der Waals surface area contributed by atoms with Crippen LogP contribution in [-0.4, -0.2) is 36.5 Å². The maximum Gasteiger partial charge on any atom is 0.242 e. The van der Waals surface area contributed by atoms with E-state index < -0.39 is 5.54 Å². The predicted octanol–water partition coefficient (Wildman–Crippen LogP) is 2.80. The molecule has 112 valence electrons. The smallest absolute Gasteiger partial charge is 0.242 e. The van der Waals surface area contributed by atoms with Crippen LogP contribution in [0.5, 0.6) is 5.75 Å². The van der Waals surface area contributed by atoms with Gasteiger partial charge in [-0.3, -0.25) is 4.79 Å². The summed E-state index contributed by atoms with van der Waals surface area (Å²) in [5.41, 5.74) is 5.35. The van der Waals surface area contributed by atoms with E-state index in [-0.39, 0.29) is 5.91 Å². The molecule has 0 bridgehead atoms. The fourth-order valence-corrected chi connectivity index (χ4v) is 2.13. The predicted molar refractivity (Wildman–Crippen MR) is 84.8 cm³/mol. The highest BCUT2D eigenvalue weighted by molar-refractivity contribution is 9.10. The number of carbonyl (C=O) groups is 1. The van der Waals surface area contributed by atoms with Crippen LogP contribution in [-0.2, 0) is 4.79 Å². The zero-order chi connectivity index (χ0) is 15.2. The van der Waals surface area contributed by atoms with Gasteiger partial charge in [0.2, 0.25) is 5.91 Å². The van der Waals surface area contributed by atoms with Crippen molar-refractivity contribution in [2.75, 3.05) is 20.2 Å². The van der Waals surface area contributed by atoms with Gasteiger partial charge in [-0.25, -0.2) is 0 Å². The molecule has 20 heavy (non-hydrogen) atoms. The lowest BCUT2D eigenvalue weighted by atomic mass is 9.92. The largest absolute Gasteiger partial charge is 0.492 e. The van der Waals surface area contributed by atoms with Gasteiger partial charge in [0.25, 0.3) is 0 Å². The lowest BCUT2D eigenvalue weighted by Gasteiger charge is -2.30. The number of hydrogen-bond donors (Lipinski definition) is 1. The molecule has 0 aliphatic heterocycles. The van der Waals surface area contributed by atoms with Gasteiger partial charge in [-0.2, -0.15) is 0 Å². The van der Waals surface area contributed by atoms with E-state index in [1.54, 1.807) is 11.9 Å². The standard InChI is InChI=1S/C15H23BrN2O2/c1-4-15(17,5-2)14(19)18(3)10-11-20-13-8-6-12(16)7-9-13/h6-9H,4-5,10-11,17H2,1-3H3. The van der Waals surface area contributed by atoms with Gasteiger partial charge in [0, 0.05) is 11.5 Å². The minimum absolute atomic E-state index is 0.0260. The van der Waals surface area contributed by atoms with Gasteiger partial charge in [-0.1, -0.05) is 29.8 Å². The van der Waals surface area contributed by atoms with Crippen LogP contribution in [0.3, 0.4) is 0 Å². The van der Waals surface area contributed by atoms with E-state index in [4.69, 9.17) is 10.5 Å². The number of amides is 1. The van der Waals surface area contributed by atoms with Crippen LogP contribution in [0.2, 0.25) is 0 Å². The molecular formula is C15H23BrN2O2. The van der Waals surface area contributed by atoms with Crippen molar-refractivity contribution in [1.82, 2.24) is 4.90 Å². The molecule has 4 nitrogen and oxygen atoms in total. The van der Waals surface area contributed by atoms with E-state index in [9.17, 15) is 4.79 Å². The third kappa shape index (κ3) is 4.49. The third-order valence-corrected chi connectivity index (χ3v) is 4.07. The summed E-state index contributed by atoms with van der Waals surface area (Å²) in [5.74, 6) is 0.765. The Kier molecular flexibility index (Phi) is 6.49. The Balaban J connectivity index is 2.45. The van der Waals surface area contributed by atoms with Crippen molar-refractivity contribution < 1.29 is 9.53 Å². The second-order valence-electron chi connectivity index (χ2n) is 4.89. The number of halogens is 1. The van der Waals surface area contributed by atoms with Crippen LogP contribution >= 0.6 is 15.9 Å². The van der Waals surface area contributed by atoms with Crippen LogP contribution in [0, 0.1) is 0 Å². The molecule has 0 fully saturated rings. The summed E-state index contributed by atoms with van der Waals surface area (Å²) in [4.78, 5) is 13.9. The number of hydrogen-bond acceptors (Lipinski definition) is 3. The molecule has 0 aromatic heterocycles. The van der Waals surface area contributed by atoms with Crippen molar-refractivity contribution in [1.29, 1.82) is 0 Å². The first-order chi connectivity index (χ1) is 9.42. The summed E-state index contributed by atoms with van der Waals surface area (Å²) >= 11 is 3.37. The van der Waals surface area contributed by atoms with E-state index >= 15 is 0 Å². The fraction of sp³-hybridized carbons (Fsp3) is 0.533. The number of rotatable bonds is 7. The van der Waals surface area contributed by atoms with Gasteiger partial charge in [0.05, 0.1) is 12.1 Å². The van der Waals surface area contributed by atoms with Gasteiger partial charge in [0.15, 0.2) is 0 Å². The van der Waals surface area contributed by atoms with Crippen molar-refractivity contribution in [2.24, 2.45) is 5.73 Å². The molecule has 5 heteroatoms. The van der Waals surface area contributed by atoms with Crippen molar-refractivity contribution in [2.45, 2.75) is 32.2 Å². The maximum atomic E-state index is 12.3. The van der Waals surface area contributed by atoms with Gasteiger partial charge in [-0.05, 0) is 37.1 Å². The molecule has 1 aromatic carbocycles. The second-order valence-corrected chi connectivity index (χ2v) is 5.81. The molecule has 0 heterocycles. The second kappa shape index (κ2) is 7.64. The number of likely N-dealkylation sites (N-methyl/N-ethyl adjacent to an activating group) is 1. The first-order valence-electron chi connectivity index (χ1n) is 6.85. The van der Waals surface area contributed by atoms with Crippen LogP contribution in [0.1, 0.15) is 26.7 Å². The SMILES string of the molecule is CCC(N)(CC)C(=O)N(C)CCOc1ccc(Br)cc1. The van der Waals surface area contributed by atoms with Crippen LogP contribution < -0.4 is 10.5 Å². The number of benzene rings is 1. The zero-order valence-corrected chi connectivity index (χ0v) is 13.9. The minimum Gasteiger partial charge on any atom is -0.492 e. The lowest BCUT2D eigenvalue weighted by Crippen LogP contribution is -2.54. The van der Waals surface area contributed by atoms with E-state index in [0.717, 1.165) is 10.2 Å². The Bertz CT molecular complexity index is 430. The minimum atomic E-state index is -0.758. The molecule has 1 aromatic rings. The Labute approximate surface area is 129 Å². The summed E-state index contributed by atoms with van der Waals surface area (Å²) in [6.07, 6.45) is 1.28. The van der Waals surface area contributed by atoms with Gasteiger partial charge >= 0.3 is 0 Å². The van der Waals surface area contributed by atoms with Crippen molar-refractivity contribution >= 4 is 21.8 Å². The number of nitrogens with zero attached hydrogens (tertiary/aromatic N) is 1. The molecule has 0 unspecified atom stereocenters. The highest BCUT2D eigenvalue weighted by Crippen LogP contribution is 2.17. The van der Waals surface area contributed by atoms with Gasteiger partial charge in [-0.15, -0.1) is 0 Å². The van der Waals surface area contributed by atoms with Crippen LogP contribution in [0.15, 0.2) is 28.7 Å². The van der Waals surface area contributed by atoms with E-state index in [1.165, 1.54) is 0 Å². The molecule has 0 atom stereocenters. The summed E-state index contributed by atoms with van der Waals surface area (Å²) in [5, 5.41) is 0. The Morgan fingerprint density at radius 2 is 1.85 bits per heavy atom. The van der Waals surface area contributed by atoms with Crippen molar-refractivity contribution in [3.05, 3.63) is 28.7 Å². The summed E-state index contributed by atoms with van der Waals surface area (Å²) < 4.78 is 6.62. The van der Waals surface area contributed by atoms with E-state index in [1.807, 2.05) is 38.1 Å². The summed E-state index contributed by atoms with van der Waals surface area (Å²) in [6.45, 7) is 4.85. The molecule has 0 saturated heterocycles. The first kappa shape index (κ1) is 17.0. The normalized spacial score (nSPS) is 11.2. The van der Waals surface area contributed by atoms with Gasteiger partial charge < -0.3 is 15.4 Å². The van der Waals surface area contributed by atoms with E-state index in [0.29, 0.717) is 26.0 Å². The Morgan fingerprint density at radius 1 is 1.30 bits per heavy atom. The number of carbonyl (C=O) groups excluding carboxylic acids is 1. The topological polar surface area (TPSA) is 55.6 Å². The number of nitrogens with two attached hydrogens (primary N) is 1. The molecule has 0 spiro atoms. The summed E-state index contributed by atoms with van der Waals surface area (Å²) in [6, 6.07) is 7.61.